The first-order chi connectivity index (χ1) is 13.0. The maximum Gasteiger partial charge on any atom is 0.251 e. The van der Waals surface area contributed by atoms with Crippen molar-refractivity contribution in [3.8, 4) is 5.75 Å². The average molecular weight is 514 g/mol. The lowest BCUT2D eigenvalue weighted by Gasteiger charge is -2.09. The molecule has 3 rings (SSSR count). The Kier molecular flexibility index (Phi) is 6.93. The SMILES string of the molecule is O=C(NCCn1cc(Br)cn1)c1ccc(COc2ccc(Br)cc2Cl)cc1. The summed E-state index contributed by atoms with van der Waals surface area (Å²) >= 11 is 12.8. The largest absolute Gasteiger partial charge is 0.487 e. The third-order valence-electron chi connectivity index (χ3n) is 3.73. The van der Waals surface area contributed by atoms with Crippen molar-refractivity contribution in [2.75, 3.05) is 6.54 Å². The summed E-state index contributed by atoms with van der Waals surface area (Å²) in [6.07, 6.45) is 3.57. The molecular formula is C19H16Br2ClN3O2. The smallest absolute Gasteiger partial charge is 0.251 e. The number of nitrogens with zero attached hydrogens (tertiary/aromatic N) is 2. The number of carbonyl (C=O) groups is 1. The van der Waals surface area contributed by atoms with E-state index in [0.29, 0.717) is 36.0 Å². The van der Waals surface area contributed by atoms with Gasteiger partial charge in [0.15, 0.2) is 0 Å². The van der Waals surface area contributed by atoms with Crippen LogP contribution in [-0.4, -0.2) is 22.2 Å². The molecule has 27 heavy (non-hydrogen) atoms. The highest BCUT2D eigenvalue weighted by Gasteiger charge is 2.07. The molecule has 0 fully saturated rings. The Morgan fingerprint density at radius 3 is 2.59 bits per heavy atom. The lowest BCUT2D eigenvalue weighted by Crippen LogP contribution is -2.27. The Balaban J connectivity index is 1.49. The van der Waals surface area contributed by atoms with Gasteiger partial charge in [-0.15, -0.1) is 0 Å². The molecule has 1 N–H and O–H groups in total. The van der Waals surface area contributed by atoms with Gasteiger partial charge >= 0.3 is 0 Å². The molecule has 0 spiro atoms. The molecule has 0 aliphatic heterocycles. The molecule has 0 radical (unpaired) electrons. The number of aromatic nitrogens is 2. The van der Waals surface area contributed by atoms with Gasteiger partial charge in [-0.25, -0.2) is 0 Å². The number of nitrogens with one attached hydrogen (secondary N) is 1. The second kappa shape index (κ2) is 9.39. The highest BCUT2D eigenvalue weighted by atomic mass is 79.9. The van der Waals surface area contributed by atoms with Crippen LogP contribution in [0.15, 0.2) is 63.8 Å². The quantitative estimate of drug-likeness (QED) is 0.480. The van der Waals surface area contributed by atoms with Crippen molar-refractivity contribution in [1.29, 1.82) is 0 Å². The van der Waals surface area contributed by atoms with Gasteiger partial charge in [0, 0.05) is 22.8 Å². The number of amides is 1. The fraction of sp³-hybridized carbons (Fsp3) is 0.158. The topological polar surface area (TPSA) is 56.2 Å². The third-order valence-corrected chi connectivity index (χ3v) is 4.93. The predicted molar refractivity (Wildman–Crippen MR) is 112 cm³/mol. The molecule has 0 aliphatic carbocycles. The van der Waals surface area contributed by atoms with Crippen LogP contribution in [0.5, 0.6) is 5.75 Å². The molecule has 5 nitrogen and oxygen atoms in total. The van der Waals surface area contributed by atoms with Crippen molar-refractivity contribution in [2.45, 2.75) is 13.2 Å². The number of benzene rings is 2. The average Bonchev–Trinajstić information content (AvgIpc) is 3.06. The van der Waals surface area contributed by atoms with E-state index in [1.807, 2.05) is 30.5 Å². The van der Waals surface area contributed by atoms with Gasteiger partial charge in [0.25, 0.3) is 5.91 Å². The molecule has 0 bridgehead atoms. The Bertz CT molecular complexity index is 929. The van der Waals surface area contributed by atoms with Crippen LogP contribution in [0.1, 0.15) is 15.9 Å². The van der Waals surface area contributed by atoms with E-state index in [1.54, 1.807) is 29.1 Å². The predicted octanol–water partition coefficient (Wildman–Crippen LogP) is 5.07. The van der Waals surface area contributed by atoms with Crippen LogP contribution in [0.2, 0.25) is 5.02 Å². The van der Waals surface area contributed by atoms with Gasteiger partial charge in [0.2, 0.25) is 0 Å². The summed E-state index contributed by atoms with van der Waals surface area (Å²) in [5, 5.41) is 7.57. The number of halogens is 3. The molecule has 0 unspecified atom stereocenters. The summed E-state index contributed by atoms with van der Waals surface area (Å²) in [7, 11) is 0. The highest BCUT2D eigenvalue weighted by molar-refractivity contribution is 9.10. The van der Waals surface area contributed by atoms with Crippen LogP contribution in [0.3, 0.4) is 0 Å². The molecular weight excluding hydrogens is 497 g/mol. The molecule has 1 aromatic heterocycles. The number of ether oxygens (including phenoxy) is 1. The zero-order valence-corrected chi connectivity index (χ0v) is 18.1. The monoisotopic (exact) mass is 511 g/mol. The van der Waals surface area contributed by atoms with Crippen LogP contribution in [0, 0.1) is 0 Å². The number of hydrogen-bond donors (Lipinski definition) is 1. The van der Waals surface area contributed by atoms with Crippen LogP contribution in [-0.2, 0) is 13.2 Å². The lowest BCUT2D eigenvalue weighted by molar-refractivity contribution is 0.0952. The number of rotatable bonds is 7. The van der Waals surface area contributed by atoms with E-state index in [-0.39, 0.29) is 5.91 Å². The van der Waals surface area contributed by atoms with Crippen molar-refractivity contribution in [1.82, 2.24) is 15.1 Å². The molecule has 0 aliphatic rings. The van der Waals surface area contributed by atoms with Crippen LogP contribution in [0.4, 0.5) is 0 Å². The van der Waals surface area contributed by atoms with Crippen molar-refractivity contribution in [3.05, 3.63) is 80.0 Å². The standard InChI is InChI=1S/C19H16Br2ClN3O2/c20-15-5-6-18(17(22)9-15)27-12-13-1-3-14(4-2-13)19(26)23-7-8-25-11-16(21)10-24-25/h1-6,9-11H,7-8,12H2,(H,23,26). The van der Waals surface area contributed by atoms with E-state index in [9.17, 15) is 4.79 Å². The first kappa shape index (κ1) is 19.9. The lowest BCUT2D eigenvalue weighted by atomic mass is 10.1. The van der Waals surface area contributed by atoms with Gasteiger partial charge in [0.05, 0.1) is 22.2 Å². The minimum absolute atomic E-state index is 0.121. The van der Waals surface area contributed by atoms with Crippen LogP contribution < -0.4 is 10.1 Å². The highest BCUT2D eigenvalue weighted by Crippen LogP contribution is 2.28. The second-order valence-electron chi connectivity index (χ2n) is 5.74. The molecule has 0 atom stereocenters. The molecule has 8 heteroatoms. The van der Waals surface area contributed by atoms with Gasteiger partial charge in [-0.2, -0.15) is 5.10 Å². The zero-order valence-electron chi connectivity index (χ0n) is 14.2. The molecule has 3 aromatic rings. The number of carbonyl (C=O) groups excluding carboxylic acids is 1. The Morgan fingerprint density at radius 1 is 1.15 bits per heavy atom. The second-order valence-corrected chi connectivity index (χ2v) is 7.98. The van der Waals surface area contributed by atoms with Crippen molar-refractivity contribution >= 4 is 49.4 Å². The van der Waals surface area contributed by atoms with Gasteiger partial charge in [0.1, 0.15) is 12.4 Å². The normalized spacial score (nSPS) is 10.6. The summed E-state index contributed by atoms with van der Waals surface area (Å²) < 4.78 is 9.30. The maximum absolute atomic E-state index is 12.2. The van der Waals surface area contributed by atoms with Crippen LogP contribution >= 0.6 is 43.5 Å². The zero-order chi connectivity index (χ0) is 19.2. The van der Waals surface area contributed by atoms with E-state index in [0.717, 1.165) is 14.5 Å². The fourth-order valence-electron chi connectivity index (χ4n) is 2.35. The first-order valence-electron chi connectivity index (χ1n) is 8.14. The van der Waals surface area contributed by atoms with Gasteiger partial charge < -0.3 is 10.1 Å². The van der Waals surface area contributed by atoms with E-state index in [1.165, 1.54) is 0 Å². The molecule has 1 amide bonds. The summed E-state index contributed by atoms with van der Waals surface area (Å²) in [5.41, 5.74) is 1.55. The minimum atomic E-state index is -0.121. The Morgan fingerprint density at radius 2 is 1.93 bits per heavy atom. The molecule has 1 heterocycles. The summed E-state index contributed by atoms with van der Waals surface area (Å²) in [4.78, 5) is 12.2. The number of hydrogen-bond acceptors (Lipinski definition) is 3. The third kappa shape index (κ3) is 5.82. The Hall–Kier alpha value is -1.83. The van der Waals surface area contributed by atoms with Crippen LogP contribution in [0.25, 0.3) is 0 Å². The Labute approximate surface area is 178 Å². The minimum Gasteiger partial charge on any atom is -0.487 e. The molecule has 0 saturated heterocycles. The first-order valence-corrected chi connectivity index (χ1v) is 10.1. The van der Waals surface area contributed by atoms with E-state index in [2.05, 4.69) is 42.3 Å². The van der Waals surface area contributed by atoms with Crippen molar-refractivity contribution in [2.24, 2.45) is 0 Å². The molecule has 2 aromatic carbocycles. The van der Waals surface area contributed by atoms with E-state index >= 15 is 0 Å². The molecule has 140 valence electrons. The van der Waals surface area contributed by atoms with Crippen molar-refractivity contribution < 1.29 is 9.53 Å². The summed E-state index contributed by atoms with van der Waals surface area (Å²) in [5.74, 6) is 0.497. The molecule has 0 saturated carbocycles. The van der Waals surface area contributed by atoms with E-state index < -0.39 is 0 Å². The van der Waals surface area contributed by atoms with Gasteiger partial charge in [-0.05, 0) is 51.8 Å². The summed E-state index contributed by atoms with van der Waals surface area (Å²) in [6, 6.07) is 12.8. The summed E-state index contributed by atoms with van der Waals surface area (Å²) in [6.45, 7) is 1.48. The van der Waals surface area contributed by atoms with Gasteiger partial charge in [-0.3, -0.25) is 9.48 Å². The van der Waals surface area contributed by atoms with Crippen molar-refractivity contribution in [3.63, 3.8) is 0 Å². The van der Waals surface area contributed by atoms with E-state index in [4.69, 9.17) is 16.3 Å². The fourth-order valence-corrected chi connectivity index (χ4v) is 3.41. The maximum atomic E-state index is 12.2. The van der Waals surface area contributed by atoms with Gasteiger partial charge in [-0.1, -0.05) is 39.7 Å².